The Kier molecular flexibility index (Phi) is 10.2. The molecule has 184 valence electrons. The molecule has 1 amide bonds. The van der Waals surface area contributed by atoms with E-state index < -0.39 is 47.8 Å². The van der Waals surface area contributed by atoms with E-state index in [2.05, 4.69) is 0 Å². The lowest BCUT2D eigenvalue weighted by molar-refractivity contribution is -0.153. The summed E-state index contributed by atoms with van der Waals surface area (Å²) in [5.41, 5.74) is -2.98. The SMILES string of the molecule is CCOC(=O)C(=O)N(Cc1ccccc1C(=O)OCC)c1cc(SC(F)C(F)F)c(Cl)cc1F. The first kappa shape index (κ1) is 27.5. The molecule has 6 nitrogen and oxygen atoms in total. The maximum absolute atomic E-state index is 14.9. The second kappa shape index (κ2) is 12.6. The first-order valence-corrected chi connectivity index (χ1v) is 11.2. The molecule has 2 rings (SSSR count). The number of hydrogen-bond acceptors (Lipinski definition) is 6. The molecule has 1 unspecified atom stereocenters. The lowest BCUT2D eigenvalue weighted by Gasteiger charge is -2.24. The molecule has 34 heavy (non-hydrogen) atoms. The van der Waals surface area contributed by atoms with Crippen LogP contribution in [0.3, 0.4) is 0 Å². The maximum Gasteiger partial charge on any atom is 0.397 e. The largest absolute Gasteiger partial charge is 0.462 e. The Morgan fingerprint density at radius 2 is 1.71 bits per heavy atom. The predicted molar refractivity (Wildman–Crippen MR) is 118 cm³/mol. The number of anilines is 1. The van der Waals surface area contributed by atoms with Gasteiger partial charge < -0.3 is 9.47 Å². The standard InChI is InChI=1S/C22H20ClF4NO5S/c1-3-32-21(30)13-8-6-5-7-12(13)11-28(20(29)22(31)33-4-2)16-10-17(14(23)9-15(16)24)34-19(27)18(25)26/h5-10,18-19H,3-4,11H2,1-2H3. The Balaban J connectivity index is 2.58. The molecular formula is C22H20ClF4NO5S. The van der Waals surface area contributed by atoms with Crippen LogP contribution in [0.2, 0.25) is 5.02 Å². The number of halogens is 5. The molecule has 0 N–H and O–H groups in total. The molecule has 0 heterocycles. The summed E-state index contributed by atoms with van der Waals surface area (Å²) in [4.78, 5) is 37.7. The molecule has 0 fully saturated rings. The Hall–Kier alpha value is -2.79. The number of benzene rings is 2. The van der Waals surface area contributed by atoms with Crippen molar-refractivity contribution in [3.05, 3.63) is 58.4 Å². The Labute approximate surface area is 202 Å². The number of amides is 1. The average molecular weight is 522 g/mol. The minimum atomic E-state index is -3.34. The molecule has 2 aromatic carbocycles. The molecule has 0 aliphatic heterocycles. The second-order valence-corrected chi connectivity index (χ2v) is 8.06. The van der Waals surface area contributed by atoms with Crippen LogP contribution in [0.15, 0.2) is 41.3 Å². The van der Waals surface area contributed by atoms with Crippen molar-refractivity contribution in [3.63, 3.8) is 0 Å². The van der Waals surface area contributed by atoms with Gasteiger partial charge in [0.15, 0.2) is 0 Å². The highest BCUT2D eigenvalue weighted by molar-refractivity contribution is 8.00. The van der Waals surface area contributed by atoms with Crippen LogP contribution in [0, 0.1) is 5.82 Å². The molecule has 0 saturated carbocycles. The van der Waals surface area contributed by atoms with Crippen molar-refractivity contribution in [2.75, 3.05) is 18.1 Å². The quantitative estimate of drug-likeness (QED) is 0.190. The third kappa shape index (κ3) is 6.86. The van der Waals surface area contributed by atoms with Crippen molar-refractivity contribution in [1.29, 1.82) is 0 Å². The van der Waals surface area contributed by atoms with Gasteiger partial charge in [-0.2, -0.15) is 0 Å². The van der Waals surface area contributed by atoms with E-state index in [-0.39, 0.29) is 46.0 Å². The van der Waals surface area contributed by atoms with Crippen LogP contribution in [0.4, 0.5) is 23.2 Å². The average Bonchev–Trinajstić information content (AvgIpc) is 2.79. The van der Waals surface area contributed by atoms with Crippen LogP contribution >= 0.6 is 23.4 Å². The van der Waals surface area contributed by atoms with Gasteiger partial charge in [0, 0.05) is 4.90 Å². The van der Waals surface area contributed by atoms with Gasteiger partial charge in [-0.15, -0.1) is 0 Å². The molecular weight excluding hydrogens is 502 g/mol. The molecule has 12 heteroatoms. The van der Waals surface area contributed by atoms with Crippen LogP contribution in [0.5, 0.6) is 0 Å². The summed E-state index contributed by atoms with van der Waals surface area (Å²) < 4.78 is 63.6. The third-order valence-corrected chi connectivity index (χ3v) is 5.71. The molecule has 0 saturated heterocycles. The monoisotopic (exact) mass is 521 g/mol. The normalized spacial score (nSPS) is 11.8. The maximum atomic E-state index is 14.9. The van der Waals surface area contributed by atoms with Gasteiger partial charge in [0.25, 0.3) is 6.43 Å². The van der Waals surface area contributed by atoms with Crippen LogP contribution in [0.1, 0.15) is 29.8 Å². The Bertz CT molecular complexity index is 1060. The molecule has 0 spiro atoms. The fraction of sp³-hybridized carbons (Fsp3) is 0.318. The summed E-state index contributed by atoms with van der Waals surface area (Å²) >= 11 is 5.91. The summed E-state index contributed by atoms with van der Waals surface area (Å²) in [5, 5.41) is -0.370. The number of ether oxygens (including phenoxy) is 2. The summed E-state index contributed by atoms with van der Waals surface area (Å²) in [6, 6.07) is 7.53. The zero-order chi connectivity index (χ0) is 25.4. The van der Waals surface area contributed by atoms with Crippen LogP contribution in [-0.2, 0) is 25.6 Å². The number of rotatable bonds is 9. The minimum absolute atomic E-state index is 0.0263. The van der Waals surface area contributed by atoms with Crippen molar-refractivity contribution in [2.45, 2.75) is 37.2 Å². The summed E-state index contributed by atoms with van der Waals surface area (Å²) in [6.45, 7) is 2.47. The highest BCUT2D eigenvalue weighted by atomic mass is 35.5. The molecule has 2 aromatic rings. The smallest absolute Gasteiger partial charge is 0.397 e. The fourth-order valence-electron chi connectivity index (χ4n) is 2.79. The number of hydrogen-bond donors (Lipinski definition) is 0. The zero-order valence-electron chi connectivity index (χ0n) is 18.0. The molecule has 0 aromatic heterocycles. The van der Waals surface area contributed by atoms with Crippen LogP contribution in [-0.4, -0.2) is 43.0 Å². The number of carbonyl (C=O) groups excluding carboxylic acids is 3. The Morgan fingerprint density at radius 1 is 1.06 bits per heavy atom. The van der Waals surface area contributed by atoms with E-state index in [0.29, 0.717) is 11.0 Å². The first-order chi connectivity index (χ1) is 16.1. The fourth-order valence-corrected chi connectivity index (χ4v) is 3.77. The van der Waals surface area contributed by atoms with Gasteiger partial charge in [0.1, 0.15) is 5.82 Å². The minimum Gasteiger partial charge on any atom is -0.462 e. The molecule has 0 aliphatic rings. The van der Waals surface area contributed by atoms with E-state index >= 15 is 0 Å². The first-order valence-electron chi connectivity index (χ1n) is 9.92. The van der Waals surface area contributed by atoms with Crippen molar-refractivity contribution >= 4 is 46.9 Å². The summed E-state index contributed by atoms with van der Waals surface area (Å²) in [6.07, 6.45) is -3.34. The molecule has 0 aliphatic carbocycles. The van der Waals surface area contributed by atoms with Crippen LogP contribution in [0.25, 0.3) is 0 Å². The van der Waals surface area contributed by atoms with Gasteiger partial charge >= 0.3 is 17.8 Å². The van der Waals surface area contributed by atoms with Gasteiger partial charge in [-0.3, -0.25) is 9.69 Å². The van der Waals surface area contributed by atoms with Crippen LogP contribution < -0.4 is 4.90 Å². The van der Waals surface area contributed by atoms with Crippen molar-refractivity contribution in [2.24, 2.45) is 0 Å². The number of carbonyl (C=O) groups is 3. The van der Waals surface area contributed by atoms with Gasteiger partial charge in [-0.05, 0) is 37.6 Å². The Morgan fingerprint density at radius 3 is 2.32 bits per heavy atom. The number of thioether (sulfide) groups is 1. The zero-order valence-corrected chi connectivity index (χ0v) is 19.6. The third-order valence-electron chi connectivity index (χ3n) is 4.27. The number of esters is 2. The molecule has 0 radical (unpaired) electrons. The summed E-state index contributed by atoms with van der Waals surface area (Å²) in [7, 11) is 0. The van der Waals surface area contributed by atoms with E-state index in [1.165, 1.54) is 25.1 Å². The topological polar surface area (TPSA) is 72.9 Å². The predicted octanol–water partition coefficient (Wildman–Crippen LogP) is 5.40. The van der Waals surface area contributed by atoms with E-state index in [4.69, 9.17) is 21.1 Å². The van der Waals surface area contributed by atoms with Gasteiger partial charge in [-0.1, -0.05) is 41.6 Å². The molecule has 0 bridgehead atoms. The van der Waals surface area contributed by atoms with Gasteiger partial charge in [0.05, 0.1) is 36.0 Å². The summed E-state index contributed by atoms with van der Waals surface area (Å²) in [5.74, 6) is -4.43. The van der Waals surface area contributed by atoms with E-state index in [0.717, 1.165) is 6.07 Å². The van der Waals surface area contributed by atoms with Gasteiger partial charge in [0.2, 0.25) is 5.50 Å². The lowest BCUT2D eigenvalue weighted by Crippen LogP contribution is -2.38. The second-order valence-electron chi connectivity index (χ2n) is 6.53. The highest BCUT2D eigenvalue weighted by Crippen LogP contribution is 2.38. The molecule has 1 atom stereocenters. The van der Waals surface area contributed by atoms with Crippen molar-refractivity contribution in [3.8, 4) is 0 Å². The van der Waals surface area contributed by atoms with Crippen molar-refractivity contribution < 1.29 is 41.4 Å². The number of nitrogens with zero attached hydrogens (tertiary/aromatic N) is 1. The highest BCUT2D eigenvalue weighted by Gasteiger charge is 2.30. The van der Waals surface area contributed by atoms with Gasteiger partial charge in [-0.25, -0.2) is 27.2 Å². The van der Waals surface area contributed by atoms with E-state index in [1.807, 2.05) is 0 Å². The number of alkyl halides is 3. The lowest BCUT2D eigenvalue weighted by atomic mass is 10.1. The van der Waals surface area contributed by atoms with E-state index in [1.54, 1.807) is 13.0 Å². The van der Waals surface area contributed by atoms with Crippen molar-refractivity contribution in [1.82, 2.24) is 0 Å². The van der Waals surface area contributed by atoms with E-state index in [9.17, 15) is 31.9 Å².